The molecule has 0 saturated carbocycles. The Bertz CT molecular complexity index is 149. The Labute approximate surface area is 38.1 Å². The van der Waals surface area contributed by atoms with E-state index in [0.29, 0.717) is 0 Å². The molecule has 0 fully saturated rings. The molecule has 6 heavy (non-hydrogen) atoms. The normalized spacial score (nSPS) is 8.67. The second-order valence-electron chi connectivity index (χ2n) is 0.659. The summed E-state index contributed by atoms with van der Waals surface area (Å²) in [6.07, 6.45) is 0. The molecule has 0 unspecified atom stereocenters. The van der Waals surface area contributed by atoms with E-state index in [1.165, 1.54) is 0 Å². The van der Waals surface area contributed by atoms with Crippen molar-refractivity contribution in [3.63, 3.8) is 0 Å². The van der Waals surface area contributed by atoms with Crippen LogP contribution in [0, 0.1) is 4.84 Å². The van der Waals surface area contributed by atoms with Gasteiger partial charge in [0.15, 0.2) is 0 Å². The molecule has 0 radical (unpaired) electrons. The maximum atomic E-state index is 4.37. The molecule has 0 aliphatic heterocycles. The van der Waals surface area contributed by atoms with Gasteiger partial charge in [-0.2, -0.15) is 0 Å². The van der Waals surface area contributed by atoms with Crippen LogP contribution in [0.15, 0.2) is 4.52 Å². The van der Waals surface area contributed by atoms with Crippen LogP contribution in [0.5, 0.6) is 0 Å². The molecule has 0 saturated heterocycles. The number of hydrogen-bond donors (Lipinski definition) is 1. The quantitative estimate of drug-likeness (QED) is 0.474. The molecule has 1 aromatic rings. The number of nitrogens with one attached hydrogen (secondary N) is 1. The first-order valence-corrected chi connectivity index (χ1v) is 1.67. The number of rotatable bonds is 0. The summed E-state index contributed by atoms with van der Waals surface area (Å²) in [4.78, 5) is 0.134. The van der Waals surface area contributed by atoms with E-state index in [4.69, 9.17) is 0 Å². The van der Waals surface area contributed by atoms with Crippen LogP contribution in [0.25, 0.3) is 0 Å². The van der Waals surface area contributed by atoms with Gasteiger partial charge in [-0.05, 0) is 17.4 Å². The Morgan fingerprint density at radius 1 is 1.83 bits per heavy atom. The minimum absolute atomic E-state index is 0.134. The summed E-state index contributed by atoms with van der Waals surface area (Å²) < 4.78 is 4.30. The lowest BCUT2D eigenvalue weighted by molar-refractivity contribution is 0.382. The van der Waals surface area contributed by atoms with E-state index in [9.17, 15) is 0 Å². The van der Waals surface area contributed by atoms with Crippen molar-refractivity contribution in [3.05, 3.63) is 4.84 Å². The third-order valence-corrected chi connectivity index (χ3v) is 0.470. The maximum Gasteiger partial charge on any atom is 0.334 e. The summed E-state index contributed by atoms with van der Waals surface area (Å²) in [6.45, 7) is 0. The molecule has 32 valence electrons. The highest BCUT2D eigenvalue weighted by atomic mass is 32.1. The molecule has 0 amide bonds. The molecule has 0 atom stereocenters. The van der Waals surface area contributed by atoms with Crippen LogP contribution in [-0.4, -0.2) is 15.6 Å². The van der Waals surface area contributed by atoms with Crippen LogP contribution in [0.4, 0.5) is 0 Å². The van der Waals surface area contributed by atoms with E-state index in [-0.39, 0.29) is 4.84 Å². The van der Waals surface area contributed by atoms with E-state index in [0.717, 1.165) is 0 Å². The fourth-order valence-corrected chi connectivity index (χ4v) is 0.219. The molecule has 0 aliphatic rings. The minimum atomic E-state index is 0.134. The molecule has 0 aliphatic carbocycles. The molecule has 5 heteroatoms. The minimum Gasteiger partial charge on any atom is -0.329 e. The Morgan fingerprint density at radius 3 is 2.83 bits per heavy atom. The lowest BCUT2D eigenvalue weighted by atomic mass is 11.5. The molecule has 1 heterocycles. The average molecular weight is 103 g/mol. The monoisotopic (exact) mass is 103 g/mol. The second-order valence-corrected chi connectivity index (χ2v) is 1.01. The van der Waals surface area contributed by atoms with Crippen molar-refractivity contribution in [1.82, 2.24) is 15.6 Å². The van der Waals surface area contributed by atoms with Gasteiger partial charge >= 0.3 is 4.84 Å². The van der Waals surface area contributed by atoms with Crippen molar-refractivity contribution in [3.8, 4) is 0 Å². The molecule has 1 N–H and O–H groups in total. The summed E-state index contributed by atoms with van der Waals surface area (Å²) in [5.41, 5.74) is 0. The molecule has 4 nitrogen and oxygen atoms in total. The van der Waals surface area contributed by atoms with Crippen molar-refractivity contribution >= 4 is 12.2 Å². The van der Waals surface area contributed by atoms with Gasteiger partial charge in [-0.25, -0.2) is 0 Å². The highest BCUT2D eigenvalue weighted by Crippen LogP contribution is 1.69. The van der Waals surface area contributed by atoms with Crippen LogP contribution in [0.2, 0.25) is 0 Å². The van der Waals surface area contributed by atoms with E-state index in [2.05, 4.69) is 32.3 Å². The van der Waals surface area contributed by atoms with Crippen molar-refractivity contribution in [2.45, 2.75) is 0 Å². The van der Waals surface area contributed by atoms with Crippen LogP contribution in [-0.2, 0) is 0 Å². The number of aromatic amines is 1. The lowest BCUT2D eigenvalue weighted by Gasteiger charge is -1.50. The van der Waals surface area contributed by atoms with Gasteiger partial charge in [0.05, 0.1) is 0 Å². The summed E-state index contributed by atoms with van der Waals surface area (Å²) in [6, 6.07) is 0. The van der Waals surface area contributed by atoms with Gasteiger partial charge in [0.25, 0.3) is 0 Å². The summed E-state index contributed by atoms with van der Waals surface area (Å²) in [5.74, 6) is 0. The summed E-state index contributed by atoms with van der Waals surface area (Å²) in [5, 5.41) is 8.52. The second kappa shape index (κ2) is 1.17. The molecule has 1 rings (SSSR count). The molecule has 0 bridgehead atoms. The Balaban J connectivity index is 3.41. The Hall–Kier alpha value is -0.710. The average Bonchev–Trinajstić information content (AvgIpc) is 1.86. The van der Waals surface area contributed by atoms with Crippen LogP contribution in [0.1, 0.15) is 0 Å². The predicted octanol–water partition coefficient (Wildman–Crippen LogP) is 0.127. The fraction of sp³-hybridized carbons (Fsp3) is 0. The first-order chi connectivity index (χ1) is 2.89. The first kappa shape index (κ1) is 3.48. The number of aromatic nitrogens is 3. The zero-order chi connectivity index (χ0) is 4.41. The smallest absolute Gasteiger partial charge is 0.329 e. The van der Waals surface area contributed by atoms with Crippen molar-refractivity contribution in [1.29, 1.82) is 0 Å². The van der Waals surface area contributed by atoms with Crippen LogP contribution < -0.4 is 0 Å². The largest absolute Gasteiger partial charge is 0.334 e. The SMILES string of the molecule is S=c1nn[nH]o1. The van der Waals surface area contributed by atoms with Gasteiger partial charge in [0, 0.05) is 0 Å². The first-order valence-electron chi connectivity index (χ1n) is 1.26. The number of nitrogens with zero attached hydrogens (tertiary/aromatic N) is 2. The van der Waals surface area contributed by atoms with E-state index in [1.54, 1.807) is 0 Å². The van der Waals surface area contributed by atoms with Crippen molar-refractivity contribution in [2.75, 3.05) is 0 Å². The van der Waals surface area contributed by atoms with E-state index >= 15 is 0 Å². The van der Waals surface area contributed by atoms with Crippen LogP contribution >= 0.6 is 12.2 Å². The highest BCUT2D eigenvalue weighted by Gasteiger charge is 1.72. The predicted molar refractivity (Wildman–Crippen MR) is 19.5 cm³/mol. The van der Waals surface area contributed by atoms with Crippen molar-refractivity contribution < 1.29 is 4.52 Å². The van der Waals surface area contributed by atoms with Gasteiger partial charge < -0.3 is 4.52 Å². The van der Waals surface area contributed by atoms with Crippen molar-refractivity contribution in [2.24, 2.45) is 0 Å². The summed E-state index contributed by atoms with van der Waals surface area (Å²) >= 11 is 4.37. The van der Waals surface area contributed by atoms with Gasteiger partial charge in [-0.3, -0.25) is 0 Å². The van der Waals surface area contributed by atoms with Gasteiger partial charge in [-0.1, -0.05) is 5.10 Å². The molecular formula is CHN3OS. The number of H-pyrrole nitrogens is 1. The van der Waals surface area contributed by atoms with E-state index < -0.39 is 0 Å². The highest BCUT2D eigenvalue weighted by molar-refractivity contribution is 7.71. The molecule has 0 aromatic carbocycles. The third-order valence-electron chi connectivity index (χ3n) is 0.305. The zero-order valence-corrected chi connectivity index (χ0v) is 3.53. The molecule has 1 aromatic heterocycles. The number of hydrogen-bond acceptors (Lipinski definition) is 4. The van der Waals surface area contributed by atoms with Gasteiger partial charge in [0.2, 0.25) is 0 Å². The third kappa shape index (κ3) is 0.436. The fourth-order valence-electron chi connectivity index (χ4n) is 0.141. The molecule has 0 spiro atoms. The molecular weight excluding hydrogens is 102 g/mol. The summed E-state index contributed by atoms with van der Waals surface area (Å²) in [7, 11) is 0. The van der Waals surface area contributed by atoms with Gasteiger partial charge in [-0.15, -0.1) is 5.27 Å². The van der Waals surface area contributed by atoms with Crippen LogP contribution in [0.3, 0.4) is 0 Å². The Morgan fingerprint density at radius 2 is 2.67 bits per heavy atom. The standard InChI is InChI=1S/CHN3OS/c6-1-2-3-4-5-1/h(H,2,4,6). The topological polar surface area (TPSA) is 54.7 Å². The lowest BCUT2D eigenvalue weighted by Crippen LogP contribution is -1.63. The maximum absolute atomic E-state index is 4.37. The van der Waals surface area contributed by atoms with Gasteiger partial charge in [0.1, 0.15) is 0 Å². The van der Waals surface area contributed by atoms with E-state index in [1.807, 2.05) is 0 Å². The Kier molecular flexibility index (Phi) is 0.681. The zero-order valence-electron chi connectivity index (χ0n) is 2.71.